The Morgan fingerprint density at radius 1 is 1.21 bits per heavy atom. The Morgan fingerprint density at radius 2 is 1.96 bits per heavy atom. The molecule has 2 atom stereocenters. The minimum absolute atomic E-state index is 0.0427. The van der Waals surface area contributed by atoms with Crippen LogP contribution in [0.25, 0.3) is 0 Å². The van der Waals surface area contributed by atoms with E-state index in [1.807, 2.05) is 30.3 Å². The molecule has 0 unspecified atom stereocenters. The number of ether oxygens (including phenoxy) is 2. The molecule has 0 saturated carbocycles. The van der Waals surface area contributed by atoms with Gasteiger partial charge in [0.1, 0.15) is 18.7 Å². The number of benzene rings is 1. The van der Waals surface area contributed by atoms with Crippen LogP contribution in [0.5, 0.6) is 0 Å². The van der Waals surface area contributed by atoms with Gasteiger partial charge >= 0.3 is 18.0 Å². The van der Waals surface area contributed by atoms with Crippen molar-refractivity contribution in [1.82, 2.24) is 10.6 Å². The molecule has 0 spiro atoms. The molecule has 1 aliphatic heterocycles. The zero-order chi connectivity index (χ0) is 20.4. The van der Waals surface area contributed by atoms with Gasteiger partial charge in [0.15, 0.2) is 0 Å². The van der Waals surface area contributed by atoms with Gasteiger partial charge in [-0.05, 0) is 37.8 Å². The van der Waals surface area contributed by atoms with E-state index >= 15 is 0 Å². The monoisotopic (exact) mass is 391 g/mol. The number of carbonyl (C=O) groups is 4. The number of nitrogens with two attached hydrogens (primary N) is 1. The highest BCUT2D eigenvalue weighted by atomic mass is 16.6. The Morgan fingerprint density at radius 3 is 2.64 bits per heavy atom. The maximum Gasteiger partial charge on any atom is 0.408 e. The van der Waals surface area contributed by atoms with E-state index in [9.17, 15) is 19.2 Å². The molecule has 9 nitrogen and oxygen atoms in total. The molecule has 1 aromatic carbocycles. The first-order chi connectivity index (χ1) is 13.5. The number of unbranched alkanes of at least 4 members (excludes halogenated alkanes) is 1. The lowest BCUT2D eigenvalue weighted by atomic mass is 10.1. The Bertz CT molecular complexity index is 694. The molecular formula is C19H25N3O6. The molecule has 2 amide bonds. The fourth-order valence-electron chi connectivity index (χ4n) is 2.69. The summed E-state index contributed by atoms with van der Waals surface area (Å²) in [5.41, 5.74) is 6.30. The number of hydrogen-bond donors (Lipinski definition) is 3. The molecule has 9 heteroatoms. The molecule has 0 bridgehead atoms. The quantitative estimate of drug-likeness (QED) is 0.321. The maximum atomic E-state index is 12.5. The van der Waals surface area contributed by atoms with Gasteiger partial charge in [0.25, 0.3) is 0 Å². The van der Waals surface area contributed by atoms with Gasteiger partial charge in [0, 0.05) is 6.42 Å². The minimum atomic E-state index is -0.913. The summed E-state index contributed by atoms with van der Waals surface area (Å²) < 4.78 is 9.67. The number of cyclic esters (lactones) is 2. The minimum Gasteiger partial charge on any atom is -0.445 e. The summed E-state index contributed by atoms with van der Waals surface area (Å²) in [5, 5.41) is 5.05. The summed E-state index contributed by atoms with van der Waals surface area (Å²) in [6.45, 7) is 0.532. The number of rotatable bonds is 9. The zero-order valence-corrected chi connectivity index (χ0v) is 15.5. The summed E-state index contributed by atoms with van der Waals surface area (Å²) >= 11 is 0. The normalized spacial score (nSPS) is 17.4. The first-order valence-electron chi connectivity index (χ1n) is 9.21. The second-order valence-corrected chi connectivity index (χ2v) is 6.44. The number of carbonyl (C=O) groups excluding carboxylic acids is 4. The van der Waals surface area contributed by atoms with E-state index in [4.69, 9.17) is 10.5 Å². The standard InChI is InChI=1S/C19H25N3O6/c20-11-5-4-8-14(17(24)21-15-9-10-16(23)28-18(15)25)22-19(26)27-12-13-6-2-1-3-7-13/h1-3,6-7,14-15H,4-5,8-12,20H2,(H,21,24)(H,22,26)/t14-,15+/m0/s1. The zero-order valence-electron chi connectivity index (χ0n) is 15.5. The van der Waals surface area contributed by atoms with E-state index in [1.165, 1.54) is 0 Å². The second-order valence-electron chi connectivity index (χ2n) is 6.44. The van der Waals surface area contributed by atoms with Crippen molar-refractivity contribution in [3.05, 3.63) is 35.9 Å². The average molecular weight is 391 g/mol. The molecule has 28 heavy (non-hydrogen) atoms. The van der Waals surface area contributed by atoms with Gasteiger partial charge in [-0.25, -0.2) is 9.59 Å². The SMILES string of the molecule is NCCCC[C@H](NC(=O)OCc1ccccc1)C(=O)N[C@@H]1CCC(=O)OC1=O. The maximum absolute atomic E-state index is 12.5. The number of esters is 2. The summed E-state index contributed by atoms with van der Waals surface area (Å²) in [7, 11) is 0. The number of hydrogen-bond acceptors (Lipinski definition) is 7. The number of alkyl carbamates (subject to hydrolysis) is 1. The highest BCUT2D eigenvalue weighted by Crippen LogP contribution is 2.11. The van der Waals surface area contributed by atoms with Crippen LogP contribution in [-0.2, 0) is 30.5 Å². The fourth-order valence-corrected chi connectivity index (χ4v) is 2.69. The van der Waals surface area contributed by atoms with E-state index in [0.29, 0.717) is 25.8 Å². The smallest absolute Gasteiger partial charge is 0.408 e. The fraction of sp³-hybridized carbons (Fsp3) is 0.474. The van der Waals surface area contributed by atoms with Gasteiger partial charge in [-0.2, -0.15) is 0 Å². The van der Waals surface area contributed by atoms with Crippen molar-refractivity contribution in [2.24, 2.45) is 5.73 Å². The molecule has 2 rings (SSSR count). The number of nitrogens with one attached hydrogen (secondary N) is 2. The third-order valence-corrected chi connectivity index (χ3v) is 4.22. The van der Waals surface area contributed by atoms with E-state index < -0.39 is 36.0 Å². The van der Waals surface area contributed by atoms with Gasteiger partial charge in [0.05, 0.1) is 0 Å². The lowest BCUT2D eigenvalue weighted by molar-refractivity contribution is -0.166. The van der Waals surface area contributed by atoms with Crippen LogP contribution in [0.2, 0.25) is 0 Å². The van der Waals surface area contributed by atoms with Gasteiger partial charge in [-0.1, -0.05) is 30.3 Å². The predicted molar refractivity (Wildman–Crippen MR) is 98.7 cm³/mol. The molecule has 1 aliphatic rings. The lowest BCUT2D eigenvalue weighted by Crippen LogP contribution is -2.53. The van der Waals surface area contributed by atoms with E-state index in [1.54, 1.807) is 0 Å². The van der Waals surface area contributed by atoms with Crippen LogP contribution < -0.4 is 16.4 Å². The van der Waals surface area contributed by atoms with Gasteiger partial charge in [-0.3, -0.25) is 9.59 Å². The van der Waals surface area contributed by atoms with Crippen molar-refractivity contribution in [1.29, 1.82) is 0 Å². The Labute approximate surface area is 162 Å². The van der Waals surface area contributed by atoms with Crippen LogP contribution in [-0.4, -0.2) is 42.6 Å². The average Bonchev–Trinajstić information content (AvgIpc) is 2.68. The van der Waals surface area contributed by atoms with E-state index in [0.717, 1.165) is 5.56 Å². The third kappa shape index (κ3) is 6.99. The van der Waals surface area contributed by atoms with Crippen LogP contribution in [0.3, 0.4) is 0 Å². The molecule has 1 fully saturated rings. The van der Waals surface area contributed by atoms with Crippen LogP contribution in [0.4, 0.5) is 4.79 Å². The van der Waals surface area contributed by atoms with E-state index in [-0.39, 0.29) is 19.4 Å². The molecule has 152 valence electrons. The van der Waals surface area contributed by atoms with Crippen LogP contribution in [0, 0.1) is 0 Å². The van der Waals surface area contributed by atoms with Crippen molar-refractivity contribution < 1.29 is 28.7 Å². The number of amides is 2. The third-order valence-electron chi connectivity index (χ3n) is 4.22. The molecule has 0 aliphatic carbocycles. The van der Waals surface area contributed by atoms with Crippen LogP contribution in [0.1, 0.15) is 37.7 Å². The molecule has 4 N–H and O–H groups in total. The molecule has 0 radical (unpaired) electrons. The molecule has 1 aromatic rings. The second kappa shape index (κ2) is 11.0. The van der Waals surface area contributed by atoms with Crippen molar-refractivity contribution in [3.8, 4) is 0 Å². The lowest BCUT2D eigenvalue weighted by Gasteiger charge is -2.24. The van der Waals surface area contributed by atoms with E-state index in [2.05, 4.69) is 15.4 Å². The molecule has 1 heterocycles. The first-order valence-corrected chi connectivity index (χ1v) is 9.21. The van der Waals surface area contributed by atoms with Gasteiger partial charge < -0.3 is 25.8 Å². The van der Waals surface area contributed by atoms with Crippen molar-refractivity contribution in [2.45, 2.75) is 50.8 Å². The first kappa shape index (κ1) is 21.4. The van der Waals surface area contributed by atoms with Crippen molar-refractivity contribution in [3.63, 3.8) is 0 Å². The topological polar surface area (TPSA) is 137 Å². The summed E-state index contributed by atoms with van der Waals surface area (Å²) in [5.74, 6) is -1.94. The van der Waals surface area contributed by atoms with Crippen molar-refractivity contribution in [2.75, 3.05) is 6.54 Å². The molecule has 0 aromatic heterocycles. The highest BCUT2D eigenvalue weighted by Gasteiger charge is 2.32. The Balaban J connectivity index is 1.89. The van der Waals surface area contributed by atoms with Gasteiger partial charge in [-0.15, -0.1) is 0 Å². The molecule has 1 saturated heterocycles. The molecular weight excluding hydrogens is 366 g/mol. The predicted octanol–water partition coefficient (Wildman–Crippen LogP) is 0.759. The van der Waals surface area contributed by atoms with Gasteiger partial charge in [0.2, 0.25) is 5.91 Å². The summed E-state index contributed by atoms with van der Waals surface area (Å²) in [6.07, 6.45) is 1.10. The Kier molecular flexibility index (Phi) is 8.41. The Hall–Kier alpha value is -2.94. The largest absolute Gasteiger partial charge is 0.445 e. The van der Waals surface area contributed by atoms with Crippen LogP contribution >= 0.6 is 0 Å². The highest BCUT2D eigenvalue weighted by molar-refractivity contribution is 5.95. The summed E-state index contributed by atoms with van der Waals surface area (Å²) in [4.78, 5) is 47.5. The van der Waals surface area contributed by atoms with Crippen LogP contribution in [0.15, 0.2) is 30.3 Å². The van der Waals surface area contributed by atoms with Crippen molar-refractivity contribution >= 4 is 23.9 Å². The summed E-state index contributed by atoms with van der Waals surface area (Å²) in [6, 6.07) is 7.33.